The van der Waals surface area contributed by atoms with Gasteiger partial charge in [0.25, 0.3) is 0 Å². The normalized spacial score (nSPS) is 16.6. The van der Waals surface area contributed by atoms with Crippen LogP contribution in [0.1, 0.15) is 22.9 Å². The number of ether oxygens (including phenoxy) is 1. The molecule has 1 unspecified atom stereocenters. The zero-order valence-corrected chi connectivity index (χ0v) is 16.2. The van der Waals surface area contributed by atoms with Crippen LogP contribution in [0.3, 0.4) is 0 Å². The van der Waals surface area contributed by atoms with E-state index < -0.39 is 5.92 Å². The number of hydrogen-bond donors (Lipinski definition) is 1. The zero-order chi connectivity index (χ0) is 19.2. The number of thiazole rings is 1. The first-order chi connectivity index (χ1) is 13.1. The number of carbonyl (C=O) groups is 2. The molecule has 0 radical (unpaired) electrons. The Morgan fingerprint density at radius 2 is 2.30 bits per heavy atom. The second-order valence-corrected chi connectivity index (χ2v) is 7.80. The van der Waals surface area contributed by atoms with E-state index in [2.05, 4.69) is 16.4 Å². The molecular weight excluding hydrogens is 382 g/mol. The molecular formula is C19H17N3O3S2. The van der Waals surface area contributed by atoms with E-state index in [9.17, 15) is 14.9 Å². The van der Waals surface area contributed by atoms with Gasteiger partial charge in [-0.2, -0.15) is 5.26 Å². The third kappa shape index (κ3) is 4.56. The molecule has 1 aromatic carbocycles. The van der Waals surface area contributed by atoms with E-state index in [-0.39, 0.29) is 30.3 Å². The van der Waals surface area contributed by atoms with Gasteiger partial charge >= 0.3 is 0 Å². The number of nitrogens with one attached hydrogen (secondary N) is 1. The van der Waals surface area contributed by atoms with Crippen molar-refractivity contribution in [3.8, 4) is 11.8 Å². The Morgan fingerprint density at radius 1 is 1.48 bits per heavy atom. The topological polar surface area (TPSA) is 92.1 Å². The second-order valence-electron chi connectivity index (χ2n) is 5.83. The summed E-state index contributed by atoms with van der Waals surface area (Å²) in [6.07, 6.45) is 2.08. The zero-order valence-electron chi connectivity index (χ0n) is 14.6. The minimum Gasteiger partial charge on any atom is -0.496 e. The van der Waals surface area contributed by atoms with Crippen molar-refractivity contribution in [2.75, 3.05) is 12.9 Å². The highest BCUT2D eigenvalue weighted by atomic mass is 32.2. The minimum atomic E-state index is -0.392. The first-order valence-corrected chi connectivity index (χ1v) is 10.1. The van der Waals surface area contributed by atoms with Crippen LogP contribution < -0.4 is 10.1 Å². The fraction of sp³-hybridized carbons (Fsp3) is 0.263. The molecule has 0 saturated carbocycles. The van der Waals surface area contributed by atoms with Crippen molar-refractivity contribution in [2.24, 2.45) is 0 Å². The van der Waals surface area contributed by atoms with Gasteiger partial charge in [0.2, 0.25) is 5.91 Å². The van der Waals surface area contributed by atoms with Gasteiger partial charge in [0, 0.05) is 29.5 Å². The summed E-state index contributed by atoms with van der Waals surface area (Å²) in [6, 6.07) is 9.57. The van der Waals surface area contributed by atoms with E-state index in [4.69, 9.17) is 4.74 Å². The number of thioether (sulfide) groups is 1. The number of Topliss-reactive ketones (excluding diaryl/α,β-unsaturated/α-hetero) is 1. The molecule has 0 aliphatic carbocycles. The molecule has 8 heteroatoms. The fourth-order valence-electron chi connectivity index (χ4n) is 2.87. The van der Waals surface area contributed by atoms with Crippen LogP contribution in [-0.2, 0) is 16.0 Å². The number of rotatable bonds is 7. The summed E-state index contributed by atoms with van der Waals surface area (Å²) < 4.78 is 5.39. The smallest absolute Gasteiger partial charge is 0.225 e. The van der Waals surface area contributed by atoms with E-state index in [0.717, 1.165) is 10.6 Å². The number of allylic oxidation sites excluding steroid dienone is 1. The highest BCUT2D eigenvalue weighted by Gasteiger charge is 2.31. The van der Waals surface area contributed by atoms with E-state index >= 15 is 0 Å². The summed E-state index contributed by atoms with van der Waals surface area (Å²) in [4.78, 5) is 28.5. The number of hydrogen-bond acceptors (Lipinski definition) is 7. The number of methoxy groups -OCH3 is 1. The molecule has 138 valence electrons. The van der Waals surface area contributed by atoms with Crippen LogP contribution in [0.4, 0.5) is 0 Å². The lowest BCUT2D eigenvalue weighted by Gasteiger charge is -2.26. The van der Waals surface area contributed by atoms with E-state index in [0.29, 0.717) is 16.4 Å². The fourth-order valence-corrected chi connectivity index (χ4v) is 4.45. The van der Waals surface area contributed by atoms with Gasteiger partial charge in [0.1, 0.15) is 11.5 Å². The van der Waals surface area contributed by atoms with Gasteiger partial charge in [-0.25, -0.2) is 4.98 Å². The minimum absolute atomic E-state index is 0.00611. The number of nitrogens with zero attached hydrogens (tertiary/aromatic N) is 2. The van der Waals surface area contributed by atoms with Gasteiger partial charge in [-0.15, -0.1) is 11.3 Å². The average molecular weight is 399 g/mol. The highest BCUT2D eigenvalue weighted by molar-refractivity contribution is 8.03. The lowest BCUT2D eigenvalue weighted by molar-refractivity contribution is -0.121. The molecule has 1 N–H and O–H groups in total. The van der Waals surface area contributed by atoms with Gasteiger partial charge in [0.15, 0.2) is 0 Å². The summed E-state index contributed by atoms with van der Waals surface area (Å²) in [5.74, 6) is 0.220. The van der Waals surface area contributed by atoms with Crippen LogP contribution >= 0.6 is 23.1 Å². The molecule has 0 spiro atoms. The third-order valence-corrected chi connectivity index (χ3v) is 5.94. The molecule has 2 aromatic rings. The van der Waals surface area contributed by atoms with E-state index in [1.54, 1.807) is 19.4 Å². The molecule has 3 rings (SSSR count). The number of aromatic nitrogens is 1. The average Bonchev–Trinajstić information content (AvgIpc) is 3.18. The van der Waals surface area contributed by atoms with Crippen LogP contribution in [0.2, 0.25) is 0 Å². The Balaban J connectivity index is 1.81. The Hall–Kier alpha value is -2.63. The molecule has 0 saturated heterocycles. The van der Waals surface area contributed by atoms with Crippen LogP contribution in [-0.4, -0.2) is 29.5 Å². The molecule has 1 aromatic heterocycles. The Kier molecular flexibility index (Phi) is 6.27. The van der Waals surface area contributed by atoms with Crippen molar-refractivity contribution in [1.82, 2.24) is 10.3 Å². The lowest BCUT2D eigenvalue weighted by atomic mass is 9.86. The standard InChI is InChI=1S/C19H17N3O3S2/c1-25-16-5-3-2-4-13(16)14-9-17(24)22-19(15(14)10-20)27-11-12(23)8-18-21-6-7-26-18/h2-7,14H,8-9,11H2,1H3,(H,22,24). The van der Waals surface area contributed by atoms with Gasteiger partial charge < -0.3 is 10.1 Å². The molecule has 27 heavy (non-hydrogen) atoms. The second kappa shape index (κ2) is 8.84. The summed E-state index contributed by atoms with van der Waals surface area (Å²) in [7, 11) is 1.56. The van der Waals surface area contributed by atoms with Gasteiger partial charge in [0.05, 0.1) is 41.0 Å². The Bertz CT molecular complexity index is 917. The first kappa shape index (κ1) is 19.1. The van der Waals surface area contributed by atoms with Gasteiger partial charge in [-0.3, -0.25) is 9.59 Å². The van der Waals surface area contributed by atoms with Crippen molar-refractivity contribution in [3.63, 3.8) is 0 Å². The predicted octanol–water partition coefficient (Wildman–Crippen LogP) is 3.04. The van der Waals surface area contributed by atoms with Crippen molar-refractivity contribution in [3.05, 3.63) is 57.0 Å². The molecule has 1 aliphatic heterocycles. The summed E-state index contributed by atoms with van der Waals surface area (Å²) in [5, 5.41) is 15.5. The highest BCUT2D eigenvalue weighted by Crippen LogP contribution is 2.39. The van der Waals surface area contributed by atoms with Crippen molar-refractivity contribution in [2.45, 2.75) is 18.8 Å². The van der Waals surface area contributed by atoms with Crippen LogP contribution in [0.15, 0.2) is 46.4 Å². The Labute approximate surface area is 165 Å². The third-order valence-electron chi connectivity index (χ3n) is 4.08. The van der Waals surface area contributed by atoms with E-state index in [1.807, 2.05) is 23.6 Å². The molecule has 0 fully saturated rings. The van der Waals surface area contributed by atoms with Gasteiger partial charge in [-0.05, 0) is 6.07 Å². The maximum Gasteiger partial charge on any atom is 0.225 e. The summed E-state index contributed by atoms with van der Waals surface area (Å²) in [6.45, 7) is 0. The molecule has 1 amide bonds. The van der Waals surface area contributed by atoms with Crippen LogP contribution in [0.5, 0.6) is 5.75 Å². The summed E-state index contributed by atoms with van der Waals surface area (Å²) >= 11 is 2.62. The molecule has 1 atom stereocenters. The van der Waals surface area contributed by atoms with E-state index in [1.165, 1.54) is 23.1 Å². The monoisotopic (exact) mass is 399 g/mol. The first-order valence-electron chi connectivity index (χ1n) is 8.22. The van der Waals surface area contributed by atoms with Crippen LogP contribution in [0, 0.1) is 11.3 Å². The summed E-state index contributed by atoms with van der Waals surface area (Å²) in [5.41, 5.74) is 1.24. The van der Waals surface area contributed by atoms with Crippen molar-refractivity contribution >= 4 is 34.8 Å². The Morgan fingerprint density at radius 3 is 3.00 bits per heavy atom. The van der Waals surface area contributed by atoms with Gasteiger partial charge in [-0.1, -0.05) is 30.0 Å². The maximum absolute atomic E-state index is 12.2. The largest absolute Gasteiger partial charge is 0.496 e. The molecule has 2 heterocycles. The lowest BCUT2D eigenvalue weighted by Crippen LogP contribution is -2.31. The number of nitriles is 1. The number of carbonyl (C=O) groups excluding carboxylic acids is 2. The quantitative estimate of drug-likeness (QED) is 0.769. The number of benzene rings is 1. The number of para-hydroxylation sites is 1. The molecule has 1 aliphatic rings. The predicted molar refractivity (Wildman–Crippen MR) is 104 cm³/mol. The number of amides is 1. The van der Waals surface area contributed by atoms with Crippen molar-refractivity contribution in [1.29, 1.82) is 5.26 Å². The van der Waals surface area contributed by atoms with Crippen LogP contribution in [0.25, 0.3) is 0 Å². The maximum atomic E-state index is 12.2. The molecule has 0 bridgehead atoms. The van der Waals surface area contributed by atoms with Crippen molar-refractivity contribution < 1.29 is 14.3 Å². The number of ketones is 1. The molecule has 6 nitrogen and oxygen atoms in total. The SMILES string of the molecule is COc1ccccc1C1CC(=O)NC(SCC(=O)Cc2nccs2)=C1C#N.